The van der Waals surface area contributed by atoms with Gasteiger partial charge in [0.05, 0.1) is 23.3 Å². The molecule has 0 aliphatic rings. The van der Waals surface area contributed by atoms with Crippen molar-refractivity contribution in [3.05, 3.63) is 83.9 Å². The number of rotatable bonds is 8. The zero-order chi connectivity index (χ0) is 20.9. The predicted octanol–water partition coefficient (Wildman–Crippen LogP) is 3.77. The summed E-state index contributed by atoms with van der Waals surface area (Å²) in [5.41, 5.74) is 1.15. The highest BCUT2D eigenvalue weighted by Crippen LogP contribution is 2.31. The lowest BCUT2D eigenvalue weighted by atomic mass is 10.1. The lowest BCUT2D eigenvalue weighted by Gasteiger charge is -2.15. The lowest BCUT2D eigenvalue weighted by Crippen LogP contribution is -2.14. The van der Waals surface area contributed by atoms with Crippen LogP contribution in [-0.4, -0.2) is 26.6 Å². The first-order chi connectivity index (χ1) is 13.9. The van der Waals surface area contributed by atoms with E-state index in [4.69, 9.17) is 14.6 Å². The number of sulfonamides is 1. The van der Waals surface area contributed by atoms with Crippen molar-refractivity contribution in [3.8, 4) is 11.5 Å². The average Bonchev–Trinajstić information content (AvgIpc) is 2.73. The molecule has 0 aromatic heterocycles. The van der Waals surface area contributed by atoms with E-state index < -0.39 is 16.0 Å². The van der Waals surface area contributed by atoms with Crippen LogP contribution < -0.4 is 14.2 Å². The summed E-state index contributed by atoms with van der Waals surface area (Å²) in [5, 5.41) is 8.96. The summed E-state index contributed by atoms with van der Waals surface area (Å²) in [6.07, 6.45) is 0. The molecule has 0 bridgehead atoms. The van der Waals surface area contributed by atoms with E-state index in [2.05, 4.69) is 4.72 Å². The monoisotopic (exact) mass is 413 g/mol. The van der Waals surface area contributed by atoms with Crippen LogP contribution in [-0.2, 0) is 16.6 Å². The van der Waals surface area contributed by atoms with Gasteiger partial charge in [-0.2, -0.15) is 0 Å². The van der Waals surface area contributed by atoms with Crippen molar-refractivity contribution in [2.75, 3.05) is 11.8 Å². The fourth-order valence-corrected chi connectivity index (χ4v) is 3.63. The Morgan fingerprint density at radius 3 is 2.31 bits per heavy atom. The van der Waals surface area contributed by atoms with E-state index in [9.17, 15) is 13.2 Å². The molecule has 8 heteroatoms. The van der Waals surface area contributed by atoms with Gasteiger partial charge in [-0.15, -0.1) is 0 Å². The Balaban J connectivity index is 1.83. The fourth-order valence-electron chi connectivity index (χ4n) is 2.55. The van der Waals surface area contributed by atoms with Gasteiger partial charge in [-0.3, -0.25) is 4.72 Å². The number of hydrogen-bond donors (Lipinski definition) is 2. The summed E-state index contributed by atoms with van der Waals surface area (Å²) in [6.45, 7) is 0.131. The van der Waals surface area contributed by atoms with Crippen molar-refractivity contribution in [2.24, 2.45) is 0 Å². The zero-order valence-corrected chi connectivity index (χ0v) is 16.3. The SMILES string of the molecule is COc1ccc(OCc2ccc(C(=O)O)cc2)c(NS(=O)(=O)c2ccccc2)c1. The summed E-state index contributed by atoms with van der Waals surface area (Å²) in [7, 11) is -2.33. The molecule has 0 heterocycles. The first-order valence-corrected chi connectivity index (χ1v) is 10.1. The van der Waals surface area contributed by atoms with E-state index in [0.29, 0.717) is 11.5 Å². The molecule has 0 atom stereocenters. The molecule has 0 saturated carbocycles. The number of anilines is 1. The summed E-state index contributed by atoms with van der Waals surface area (Å²) in [4.78, 5) is 11.1. The molecule has 3 aromatic carbocycles. The van der Waals surface area contributed by atoms with Gasteiger partial charge >= 0.3 is 5.97 Å². The lowest BCUT2D eigenvalue weighted by molar-refractivity contribution is 0.0697. The molecule has 0 saturated heterocycles. The van der Waals surface area contributed by atoms with Crippen LogP contribution in [0.15, 0.2) is 77.7 Å². The number of methoxy groups -OCH3 is 1. The molecular weight excluding hydrogens is 394 g/mol. The Bertz CT molecular complexity index is 1100. The molecule has 0 amide bonds. The van der Waals surface area contributed by atoms with Gasteiger partial charge in [-0.05, 0) is 42.0 Å². The first kappa shape index (κ1) is 20.2. The highest BCUT2D eigenvalue weighted by molar-refractivity contribution is 7.92. The van der Waals surface area contributed by atoms with Gasteiger partial charge in [-0.25, -0.2) is 13.2 Å². The molecule has 7 nitrogen and oxygen atoms in total. The van der Waals surface area contributed by atoms with Gasteiger partial charge in [0.15, 0.2) is 0 Å². The molecule has 150 valence electrons. The van der Waals surface area contributed by atoms with E-state index in [1.165, 1.54) is 37.4 Å². The predicted molar refractivity (Wildman–Crippen MR) is 108 cm³/mol. The van der Waals surface area contributed by atoms with Crippen molar-refractivity contribution >= 4 is 21.7 Å². The second-order valence-electron chi connectivity index (χ2n) is 6.07. The minimum absolute atomic E-state index is 0.123. The molecule has 3 aromatic rings. The minimum Gasteiger partial charge on any atom is -0.497 e. The Labute approximate surface area is 168 Å². The topological polar surface area (TPSA) is 102 Å². The Morgan fingerprint density at radius 1 is 1.00 bits per heavy atom. The van der Waals surface area contributed by atoms with Crippen molar-refractivity contribution in [1.29, 1.82) is 0 Å². The average molecular weight is 413 g/mol. The number of carboxylic acid groups (broad SMARTS) is 1. The van der Waals surface area contributed by atoms with E-state index in [0.717, 1.165) is 5.56 Å². The quantitative estimate of drug-likeness (QED) is 0.583. The molecule has 0 unspecified atom stereocenters. The van der Waals surface area contributed by atoms with Gasteiger partial charge in [-0.1, -0.05) is 30.3 Å². The maximum absolute atomic E-state index is 12.7. The minimum atomic E-state index is -3.81. The van der Waals surface area contributed by atoms with E-state index >= 15 is 0 Å². The van der Waals surface area contributed by atoms with Crippen LogP contribution >= 0.6 is 0 Å². The third-order valence-electron chi connectivity index (χ3n) is 4.08. The molecular formula is C21H19NO6S. The summed E-state index contributed by atoms with van der Waals surface area (Å²) in [5.74, 6) is -0.230. The summed E-state index contributed by atoms with van der Waals surface area (Å²) >= 11 is 0. The smallest absolute Gasteiger partial charge is 0.335 e. The Kier molecular flexibility index (Phi) is 6.04. The molecule has 0 aliphatic heterocycles. The molecule has 0 spiro atoms. The number of nitrogens with one attached hydrogen (secondary N) is 1. The van der Waals surface area contributed by atoms with Crippen molar-refractivity contribution in [2.45, 2.75) is 11.5 Å². The van der Waals surface area contributed by atoms with Crippen LogP contribution in [0.4, 0.5) is 5.69 Å². The Hall–Kier alpha value is -3.52. The molecule has 0 aliphatic carbocycles. The van der Waals surface area contributed by atoms with E-state index in [1.54, 1.807) is 42.5 Å². The molecule has 2 N–H and O–H groups in total. The van der Waals surface area contributed by atoms with Crippen LogP contribution in [0.1, 0.15) is 15.9 Å². The third kappa shape index (κ3) is 5.05. The van der Waals surface area contributed by atoms with Gasteiger partial charge in [0, 0.05) is 6.07 Å². The number of benzene rings is 3. The number of carboxylic acids is 1. The first-order valence-electron chi connectivity index (χ1n) is 8.60. The molecule has 0 radical (unpaired) electrons. The third-order valence-corrected chi connectivity index (χ3v) is 5.46. The fraction of sp³-hybridized carbons (Fsp3) is 0.0952. The summed E-state index contributed by atoms with van der Waals surface area (Å²) in [6, 6.07) is 19.0. The normalized spacial score (nSPS) is 10.9. The largest absolute Gasteiger partial charge is 0.497 e. The van der Waals surface area contributed by atoms with Crippen LogP contribution in [0.5, 0.6) is 11.5 Å². The van der Waals surface area contributed by atoms with Gasteiger partial charge < -0.3 is 14.6 Å². The van der Waals surface area contributed by atoms with Crippen LogP contribution in [0.2, 0.25) is 0 Å². The van der Waals surface area contributed by atoms with E-state index in [-0.39, 0.29) is 22.8 Å². The number of ether oxygens (including phenoxy) is 2. The maximum atomic E-state index is 12.7. The number of carbonyl (C=O) groups is 1. The van der Waals surface area contributed by atoms with Crippen LogP contribution in [0.25, 0.3) is 0 Å². The molecule has 0 fully saturated rings. The van der Waals surface area contributed by atoms with Crippen molar-refractivity contribution in [3.63, 3.8) is 0 Å². The molecule has 3 rings (SSSR count). The van der Waals surface area contributed by atoms with Crippen LogP contribution in [0.3, 0.4) is 0 Å². The van der Waals surface area contributed by atoms with Crippen molar-refractivity contribution in [1.82, 2.24) is 0 Å². The van der Waals surface area contributed by atoms with Crippen molar-refractivity contribution < 1.29 is 27.8 Å². The molecule has 29 heavy (non-hydrogen) atoms. The maximum Gasteiger partial charge on any atom is 0.335 e. The standard InChI is InChI=1S/C21H19NO6S/c1-27-17-11-12-20(28-14-15-7-9-16(10-8-15)21(23)24)19(13-17)22-29(25,26)18-5-3-2-4-6-18/h2-13,22H,14H2,1H3,(H,23,24). The highest BCUT2D eigenvalue weighted by Gasteiger charge is 2.17. The highest BCUT2D eigenvalue weighted by atomic mass is 32.2. The zero-order valence-electron chi connectivity index (χ0n) is 15.5. The number of aromatic carboxylic acids is 1. The summed E-state index contributed by atoms with van der Waals surface area (Å²) < 4.78 is 38.8. The second-order valence-corrected chi connectivity index (χ2v) is 7.75. The van der Waals surface area contributed by atoms with Gasteiger partial charge in [0.2, 0.25) is 0 Å². The number of hydrogen-bond acceptors (Lipinski definition) is 5. The van der Waals surface area contributed by atoms with Gasteiger partial charge in [0.1, 0.15) is 18.1 Å². The van der Waals surface area contributed by atoms with Crippen LogP contribution in [0, 0.1) is 0 Å². The Morgan fingerprint density at radius 2 is 1.69 bits per heavy atom. The van der Waals surface area contributed by atoms with Gasteiger partial charge in [0.25, 0.3) is 10.0 Å². The second kappa shape index (κ2) is 8.66. The van der Waals surface area contributed by atoms with E-state index in [1.807, 2.05) is 0 Å².